The zero-order chi connectivity index (χ0) is 18.4. The van der Waals surface area contributed by atoms with E-state index in [-0.39, 0.29) is 24.5 Å². The zero-order valence-electron chi connectivity index (χ0n) is 15.0. The van der Waals surface area contributed by atoms with Crippen LogP contribution in [-0.4, -0.2) is 53.2 Å². The zero-order valence-corrected chi connectivity index (χ0v) is 15.0. The summed E-state index contributed by atoms with van der Waals surface area (Å²) in [6.45, 7) is 5.42. The quantitative estimate of drug-likeness (QED) is 0.704. The van der Waals surface area contributed by atoms with Crippen LogP contribution in [0, 0.1) is 11.3 Å². The average Bonchev–Trinajstić information content (AvgIpc) is 2.59. The number of likely N-dealkylation sites (tertiary alicyclic amines) is 1. The second-order valence-electron chi connectivity index (χ2n) is 7.41. The van der Waals surface area contributed by atoms with E-state index >= 15 is 0 Å². The van der Waals surface area contributed by atoms with Gasteiger partial charge < -0.3 is 20.4 Å². The number of carboxylic acids is 1. The van der Waals surface area contributed by atoms with Crippen LogP contribution in [-0.2, 0) is 4.79 Å². The summed E-state index contributed by atoms with van der Waals surface area (Å²) in [5.74, 6) is -0.555. The number of nitrogens with zero attached hydrogens (tertiary/aromatic N) is 1. The first kappa shape index (κ1) is 19.2. The molecule has 25 heavy (non-hydrogen) atoms. The Labute approximate surface area is 148 Å². The third-order valence-corrected chi connectivity index (χ3v) is 4.68. The van der Waals surface area contributed by atoms with Crippen LogP contribution in [0.2, 0.25) is 0 Å². The van der Waals surface area contributed by atoms with Crippen molar-refractivity contribution in [2.24, 2.45) is 11.3 Å². The molecule has 1 unspecified atom stereocenters. The molecule has 0 bridgehead atoms. The molecule has 2 rings (SSSR count). The van der Waals surface area contributed by atoms with Crippen LogP contribution in [0.25, 0.3) is 0 Å². The van der Waals surface area contributed by atoms with Gasteiger partial charge in [0.05, 0.1) is 6.61 Å². The normalized spacial score (nSPS) is 20.6. The molecule has 0 saturated carbocycles. The number of carboxylic acid groups (broad SMARTS) is 1. The lowest BCUT2D eigenvalue weighted by Gasteiger charge is -2.43. The lowest BCUT2D eigenvalue weighted by molar-refractivity contribution is -0.134. The molecule has 1 aliphatic heterocycles. The minimum Gasteiger partial charge on any atom is -0.480 e. The van der Waals surface area contributed by atoms with Gasteiger partial charge in [0, 0.05) is 29.8 Å². The fourth-order valence-corrected chi connectivity index (χ4v) is 3.73. The van der Waals surface area contributed by atoms with Crippen LogP contribution in [0.3, 0.4) is 0 Å². The molecule has 1 fully saturated rings. The molecule has 0 aromatic heterocycles. The second kappa shape index (κ2) is 8.34. The molecular weight excluding hydrogens is 320 g/mol. The van der Waals surface area contributed by atoms with Gasteiger partial charge in [-0.2, -0.15) is 0 Å². The Morgan fingerprint density at radius 3 is 2.76 bits per heavy atom. The summed E-state index contributed by atoms with van der Waals surface area (Å²) >= 11 is 0. The largest absolute Gasteiger partial charge is 0.480 e. The SMILES string of the molecule is CC(C)CC1(CO)CCCN(C(=O)c2cccc(NCC(=O)O)c2)C1. The van der Waals surface area contributed by atoms with Crippen molar-refractivity contribution in [1.29, 1.82) is 0 Å². The van der Waals surface area contributed by atoms with Crippen LogP contribution in [0.4, 0.5) is 5.69 Å². The average molecular weight is 348 g/mol. The highest BCUT2D eigenvalue weighted by Gasteiger charge is 2.37. The van der Waals surface area contributed by atoms with E-state index in [0.29, 0.717) is 30.3 Å². The number of hydrogen-bond acceptors (Lipinski definition) is 4. The summed E-state index contributed by atoms with van der Waals surface area (Å²) in [5, 5.41) is 21.5. The van der Waals surface area contributed by atoms with Crippen LogP contribution < -0.4 is 5.32 Å². The van der Waals surface area contributed by atoms with Gasteiger partial charge in [0.1, 0.15) is 6.54 Å². The fourth-order valence-electron chi connectivity index (χ4n) is 3.73. The summed E-state index contributed by atoms with van der Waals surface area (Å²) in [6.07, 6.45) is 2.72. The van der Waals surface area contributed by atoms with Crippen LogP contribution in [0.15, 0.2) is 24.3 Å². The number of anilines is 1. The van der Waals surface area contributed by atoms with Gasteiger partial charge >= 0.3 is 5.97 Å². The lowest BCUT2D eigenvalue weighted by atomic mass is 9.74. The van der Waals surface area contributed by atoms with E-state index in [1.165, 1.54) is 0 Å². The number of nitrogens with one attached hydrogen (secondary N) is 1. The molecule has 0 spiro atoms. The molecule has 1 aromatic carbocycles. The number of piperidine rings is 1. The summed E-state index contributed by atoms with van der Waals surface area (Å²) in [5.41, 5.74) is 0.927. The molecule has 1 atom stereocenters. The third kappa shape index (κ3) is 5.19. The van der Waals surface area contributed by atoms with E-state index in [4.69, 9.17) is 5.11 Å². The Morgan fingerprint density at radius 2 is 2.12 bits per heavy atom. The number of hydrogen-bond donors (Lipinski definition) is 3. The van der Waals surface area contributed by atoms with Gasteiger partial charge in [0.25, 0.3) is 5.91 Å². The Hall–Kier alpha value is -2.08. The fraction of sp³-hybridized carbons (Fsp3) is 0.579. The molecule has 1 aromatic rings. The minimum atomic E-state index is -0.950. The van der Waals surface area contributed by atoms with Gasteiger partial charge in [-0.1, -0.05) is 19.9 Å². The van der Waals surface area contributed by atoms with E-state index in [0.717, 1.165) is 19.3 Å². The maximum atomic E-state index is 12.9. The Kier molecular flexibility index (Phi) is 6.42. The number of aliphatic carboxylic acids is 1. The Balaban J connectivity index is 2.11. The van der Waals surface area contributed by atoms with Crippen molar-refractivity contribution in [2.75, 3.05) is 31.6 Å². The molecule has 0 aliphatic carbocycles. The highest BCUT2D eigenvalue weighted by atomic mass is 16.4. The van der Waals surface area contributed by atoms with Gasteiger partial charge in [-0.05, 0) is 43.4 Å². The van der Waals surface area contributed by atoms with Gasteiger partial charge in [-0.3, -0.25) is 9.59 Å². The smallest absolute Gasteiger partial charge is 0.322 e. The van der Waals surface area contributed by atoms with Crippen LogP contribution in [0.1, 0.15) is 43.5 Å². The molecule has 1 saturated heterocycles. The lowest BCUT2D eigenvalue weighted by Crippen LogP contribution is -2.48. The Bertz CT molecular complexity index is 617. The number of amides is 1. The monoisotopic (exact) mass is 348 g/mol. The molecule has 138 valence electrons. The number of aliphatic hydroxyl groups excluding tert-OH is 1. The van der Waals surface area contributed by atoms with Crippen molar-refractivity contribution in [2.45, 2.75) is 33.1 Å². The molecule has 1 aliphatic rings. The number of carbonyl (C=O) groups excluding carboxylic acids is 1. The number of carbonyl (C=O) groups is 2. The van der Waals surface area contributed by atoms with Crippen molar-refractivity contribution < 1.29 is 19.8 Å². The van der Waals surface area contributed by atoms with E-state index < -0.39 is 5.97 Å². The summed E-state index contributed by atoms with van der Waals surface area (Å²) in [6, 6.07) is 6.91. The minimum absolute atomic E-state index is 0.0692. The number of aliphatic hydroxyl groups is 1. The maximum absolute atomic E-state index is 12.9. The number of rotatable bonds is 7. The molecule has 1 amide bonds. The summed E-state index contributed by atoms with van der Waals surface area (Å²) in [7, 11) is 0. The van der Waals surface area contributed by atoms with E-state index in [9.17, 15) is 14.7 Å². The molecular formula is C19H28N2O4. The summed E-state index contributed by atoms with van der Waals surface area (Å²) < 4.78 is 0. The van der Waals surface area contributed by atoms with Gasteiger partial charge in [0.15, 0.2) is 0 Å². The van der Waals surface area contributed by atoms with Crippen LogP contribution >= 0.6 is 0 Å². The second-order valence-corrected chi connectivity index (χ2v) is 7.41. The van der Waals surface area contributed by atoms with E-state index in [1.54, 1.807) is 24.3 Å². The number of benzene rings is 1. The molecule has 6 nitrogen and oxygen atoms in total. The molecule has 3 N–H and O–H groups in total. The highest BCUT2D eigenvalue weighted by molar-refractivity contribution is 5.95. The van der Waals surface area contributed by atoms with Crippen molar-refractivity contribution in [3.05, 3.63) is 29.8 Å². The molecule has 0 radical (unpaired) electrons. The van der Waals surface area contributed by atoms with E-state index in [1.807, 2.05) is 4.90 Å². The standard InChI is InChI=1S/C19H28N2O4/c1-14(2)10-19(13-22)7-4-8-21(12-19)18(25)15-5-3-6-16(9-15)20-11-17(23)24/h3,5-6,9,14,20,22H,4,7-8,10-13H2,1-2H3,(H,23,24). The van der Waals surface area contributed by atoms with Gasteiger partial charge in [-0.15, -0.1) is 0 Å². The first-order valence-electron chi connectivity index (χ1n) is 8.81. The van der Waals surface area contributed by atoms with Crippen molar-refractivity contribution >= 4 is 17.6 Å². The first-order valence-corrected chi connectivity index (χ1v) is 8.81. The van der Waals surface area contributed by atoms with Crippen molar-refractivity contribution in [3.63, 3.8) is 0 Å². The van der Waals surface area contributed by atoms with Gasteiger partial charge in [-0.25, -0.2) is 0 Å². The van der Waals surface area contributed by atoms with E-state index in [2.05, 4.69) is 19.2 Å². The predicted molar refractivity (Wildman–Crippen MR) is 96.7 cm³/mol. The Morgan fingerprint density at radius 1 is 1.36 bits per heavy atom. The summed E-state index contributed by atoms with van der Waals surface area (Å²) in [4.78, 5) is 25.4. The third-order valence-electron chi connectivity index (χ3n) is 4.68. The van der Waals surface area contributed by atoms with Crippen molar-refractivity contribution in [3.8, 4) is 0 Å². The topological polar surface area (TPSA) is 89.9 Å². The maximum Gasteiger partial charge on any atom is 0.322 e. The highest BCUT2D eigenvalue weighted by Crippen LogP contribution is 2.36. The van der Waals surface area contributed by atoms with Gasteiger partial charge in [0.2, 0.25) is 0 Å². The predicted octanol–water partition coefficient (Wildman–Crippen LogP) is 2.44. The van der Waals surface area contributed by atoms with Crippen LogP contribution in [0.5, 0.6) is 0 Å². The molecule has 6 heteroatoms. The van der Waals surface area contributed by atoms with Crippen molar-refractivity contribution in [1.82, 2.24) is 4.90 Å². The molecule has 1 heterocycles. The first-order chi connectivity index (χ1) is 11.8.